The molecule has 12 nitrogen and oxygen atoms in total. The summed E-state index contributed by atoms with van der Waals surface area (Å²) in [6.45, 7) is 40.6. The van der Waals surface area contributed by atoms with E-state index >= 15 is 0 Å². The molecule has 0 saturated heterocycles. The number of aryl methyl sites for hydroxylation is 2. The molecule has 3 amide bonds. The highest BCUT2D eigenvalue weighted by Crippen LogP contribution is 2.18. The van der Waals surface area contributed by atoms with Crippen molar-refractivity contribution in [3.05, 3.63) is 64.5 Å². The molecule has 1 aromatic heterocycles. The van der Waals surface area contributed by atoms with E-state index in [4.69, 9.17) is 14.6 Å². The summed E-state index contributed by atoms with van der Waals surface area (Å²) in [7, 11) is 0. The standard InChI is InChI=1S/C12H18.C10H21NO2.C9H11NO2.2C7H15NO.C7H14O2/c1-5-11-6-10(4)7-12(8-11)9(2)3;1-4-6-13-7-5-10(12)11-8-9(2)3;1-6(2)7-3-4-10-8(5-7)9(11)12;2*1-4-5-8-7(9)6(2)3;1-4-5-9-7(8)6(2)3/h6-9H,5H2,1-4H3;9H,4-8H2,1-3H3,(H,11,12);3-6H,1-2H3,(H,11,12);2*6H,4-5H2,1-3H3,(H,8,9);6H,4-5H2,1-3H3. The maximum Gasteiger partial charge on any atom is 0.354 e. The van der Waals surface area contributed by atoms with E-state index in [0.717, 1.165) is 63.9 Å². The van der Waals surface area contributed by atoms with Gasteiger partial charge in [-0.15, -0.1) is 0 Å². The predicted molar refractivity (Wildman–Crippen MR) is 266 cm³/mol. The monoisotopic (exact) mass is 903 g/mol. The molecule has 12 heteroatoms. The lowest BCUT2D eigenvalue weighted by molar-refractivity contribution is -0.147. The van der Waals surface area contributed by atoms with Gasteiger partial charge in [0.15, 0.2) is 0 Å². The first-order chi connectivity index (χ1) is 29.9. The first-order valence-electron chi connectivity index (χ1n) is 23.8. The average Bonchev–Trinajstić information content (AvgIpc) is 3.25. The largest absolute Gasteiger partial charge is 0.477 e. The highest BCUT2D eigenvalue weighted by molar-refractivity contribution is 5.85. The van der Waals surface area contributed by atoms with Crippen molar-refractivity contribution in [2.75, 3.05) is 39.5 Å². The number of amides is 3. The Morgan fingerprint density at radius 1 is 0.625 bits per heavy atom. The van der Waals surface area contributed by atoms with E-state index in [1.807, 2.05) is 82.2 Å². The van der Waals surface area contributed by atoms with E-state index in [0.29, 0.717) is 37.4 Å². The molecule has 0 fully saturated rings. The van der Waals surface area contributed by atoms with Crippen molar-refractivity contribution in [2.24, 2.45) is 23.7 Å². The first-order valence-corrected chi connectivity index (χ1v) is 23.8. The molecule has 0 aliphatic rings. The minimum absolute atomic E-state index is 0.0107. The third-order valence-electron chi connectivity index (χ3n) is 8.50. The van der Waals surface area contributed by atoms with Gasteiger partial charge in [0, 0.05) is 50.7 Å². The fourth-order valence-electron chi connectivity index (χ4n) is 4.45. The number of benzene rings is 1. The minimum atomic E-state index is -0.975. The minimum Gasteiger partial charge on any atom is -0.477 e. The zero-order valence-electron chi connectivity index (χ0n) is 43.7. The Hall–Kier alpha value is -4.32. The summed E-state index contributed by atoms with van der Waals surface area (Å²) in [6, 6.07) is 10.3. The lowest BCUT2D eigenvalue weighted by atomic mass is 9.97. The molecule has 0 saturated carbocycles. The van der Waals surface area contributed by atoms with Gasteiger partial charge in [-0.3, -0.25) is 19.2 Å². The van der Waals surface area contributed by atoms with Gasteiger partial charge in [0.1, 0.15) is 5.69 Å². The van der Waals surface area contributed by atoms with Crippen LogP contribution >= 0.6 is 0 Å². The first kappa shape index (κ1) is 66.3. The number of carboxylic acid groups (broad SMARTS) is 1. The van der Waals surface area contributed by atoms with Gasteiger partial charge < -0.3 is 30.5 Å². The maximum atomic E-state index is 11.1. The van der Waals surface area contributed by atoms with Crippen LogP contribution in [0.4, 0.5) is 0 Å². The van der Waals surface area contributed by atoms with Gasteiger partial charge in [-0.25, -0.2) is 9.78 Å². The number of pyridine rings is 1. The second-order valence-corrected chi connectivity index (χ2v) is 17.5. The summed E-state index contributed by atoms with van der Waals surface area (Å²) >= 11 is 0. The quantitative estimate of drug-likeness (QED) is 0.0745. The number of rotatable bonds is 20. The van der Waals surface area contributed by atoms with Crippen LogP contribution in [-0.4, -0.2) is 79.2 Å². The van der Waals surface area contributed by atoms with E-state index in [1.54, 1.807) is 6.07 Å². The summed E-state index contributed by atoms with van der Waals surface area (Å²) in [5, 5.41) is 17.1. The van der Waals surface area contributed by atoms with Gasteiger partial charge in [-0.1, -0.05) is 141 Å². The molecule has 4 N–H and O–H groups in total. The lowest BCUT2D eigenvalue weighted by Crippen LogP contribution is -2.28. The second kappa shape index (κ2) is 42.6. The number of aromatic nitrogens is 1. The molecule has 1 aromatic carbocycles. The van der Waals surface area contributed by atoms with Gasteiger partial charge in [0.25, 0.3) is 0 Å². The van der Waals surface area contributed by atoms with Gasteiger partial charge in [0.2, 0.25) is 17.7 Å². The van der Waals surface area contributed by atoms with Crippen molar-refractivity contribution in [3.8, 4) is 0 Å². The number of hydrogen-bond donors (Lipinski definition) is 4. The average molecular weight is 903 g/mol. The van der Waals surface area contributed by atoms with Crippen LogP contribution in [0.1, 0.15) is 194 Å². The van der Waals surface area contributed by atoms with Crippen LogP contribution in [0.3, 0.4) is 0 Å². The predicted octanol–water partition coefficient (Wildman–Crippen LogP) is 11.1. The van der Waals surface area contributed by atoms with Gasteiger partial charge in [-0.2, -0.15) is 0 Å². The summed E-state index contributed by atoms with van der Waals surface area (Å²) in [4.78, 5) is 57.6. The van der Waals surface area contributed by atoms with Crippen LogP contribution in [0, 0.1) is 30.6 Å². The van der Waals surface area contributed by atoms with E-state index in [9.17, 15) is 24.0 Å². The molecule has 370 valence electrons. The molecular formula is C52H94N4O8. The molecule has 2 aromatic rings. The highest BCUT2D eigenvalue weighted by atomic mass is 16.5. The Morgan fingerprint density at radius 2 is 1.14 bits per heavy atom. The Kier molecular flexibility index (Phi) is 44.1. The van der Waals surface area contributed by atoms with Crippen molar-refractivity contribution in [3.63, 3.8) is 0 Å². The van der Waals surface area contributed by atoms with Gasteiger partial charge in [-0.05, 0) is 85.6 Å². The molecule has 0 aliphatic carbocycles. The van der Waals surface area contributed by atoms with Gasteiger partial charge >= 0.3 is 11.9 Å². The number of ether oxygens (including phenoxy) is 2. The van der Waals surface area contributed by atoms with E-state index in [2.05, 4.69) is 87.6 Å². The van der Waals surface area contributed by atoms with Crippen LogP contribution in [-0.2, 0) is 35.1 Å². The third-order valence-corrected chi connectivity index (χ3v) is 8.50. The fourth-order valence-corrected chi connectivity index (χ4v) is 4.45. The van der Waals surface area contributed by atoms with Crippen molar-refractivity contribution < 1.29 is 38.6 Å². The molecule has 0 atom stereocenters. The summed E-state index contributed by atoms with van der Waals surface area (Å²) in [6.07, 6.45) is 7.08. The van der Waals surface area contributed by atoms with Crippen molar-refractivity contribution in [2.45, 2.75) is 175 Å². The molecule has 0 unspecified atom stereocenters. The van der Waals surface area contributed by atoms with Gasteiger partial charge in [0.05, 0.1) is 19.1 Å². The smallest absolute Gasteiger partial charge is 0.354 e. The van der Waals surface area contributed by atoms with Crippen LogP contribution in [0.25, 0.3) is 0 Å². The summed E-state index contributed by atoms with van der Waals surface area (Å²) in [5.74, 6) is 1.07. The van der Waals surface area contributed by atoms with Crippen molar-refractivity contribution >= 4 is 29.7 Å². The second-order valence-electron chi connectivity index (χ2n) is 17.5. The summed E-state index contributed by atoms with van der Waals surface area (Å²) < 4.78 is 10.0. The molecule has 2 rings (SSSR count). The van der Waals surface area contributed by atoms with E-state index < -0.39 is 5.97 Å². The maximum absolute atomic E-state index is 11.1. The Morgan fingerprint density at radius 3 is 1.53 bits per heavy atom. The number of carbonyl (C=O) groups is 5. The molecule has 0 aliphatic heterocycles. The van der Waals surface area contributed by atoms with Crippen LogP contribution in [0.5, 0.6) is 0 Å². The number of aromatic carboxylic acids is 1. The topological polar surface area (TPSA) is 173 Å². The zero-order chi connectivity index (χ0) is 50.2. The van der Waals surface area contributed by atoms with Crippen LogP contribution in [0.15, 0.2) is 36.5 Å². The molecule has 1 heterocycles. The molecular weight excluding hydrogens is 809 g/mol. The Balaban J connectivity index is -0.000000340. The number of nitrogens with one attached hydrogen (secondary N) is 3. The van der Waals surface area contributed by atoms with Crippen molar-refractivity contribution in [1.82, 2.24) is 20.9 Å². The lowest BCUT2D eigenvalue weighted by Gasteiger charge is -2.08. The molecule has 0 radical (unpaired) electrons. The molecule has 64 heavy (non-hydrogen) atoms. The van der Waals surface area contributed by atoms with E-state index in [-0.39, 0.29) is 47.1 Å². The molecule has 0 spiro atoms. The SMILES string of the molecule is CC(C)c1ccnc(C(=O)O)c1.CCCNC(=O)C(C)C.CCCNC(=O)C(C)C.CCCOC(=O)C(C)C.CCCOCCC(=O)NCC(C)C.CCc1cc(C)cc(C(C)C)c1. The number of carboxylic acids is 1. The van der Waals surface area contributed by atoms with Crippen LogP contribution in [0.2, 0.25) is 0 Å². The number of carbonyl (C=O) groups excluding carboxylic acids is 4. The third kappa shape index (κ3) is 41.7. The van der Waals surface area contributed by atoms with Crippen molar-refractivity contribution in [1.29, 1.82) is 0 Å². The highest BCUT2D eigenvalue weighted by Gasteiger charge is 2.08. The number of nitrogens with zero attached hydrogens (tertiary/aromatic N) is 1. The molecule has 0 bridgehead atoms. The van der Waals surface area contributed by atoms with Crippen LogP contribution < -0.4 is 16.0 Å². The Labute approximate surface area is 390 Å². The summed E-state index contributed by atoms with van der Waals surface area (Å²) in [5.41, 5.74) is 5.42. The Bertz CT molecular complexity index is 1450. The number of hydrogen-bond acceptors (Lipinski definition) is 8. The fraction of sp³-hybridized carbons (Fsp3) is 0.692. The van der Waals surface area contributed by atoms with E-state index in [1.165, 1.54) is 22.9 Å². The normalized spacial score (nSPS) is 10.2. The zero-order valence-corrected chi connectivity index (χ0v) is 43.7. The number of esters is 1.